The predicted molar refractivity (Wildman–Crippen MR) is 185 cm³/mol. The van der Waals surface area contributed by atoms with Crippen molar-refractivity contribution in [3.05, 3.63) is 156 Å². The van der Waals surface area contributed by atoms with Crippen LogP contribution >= 0.6 is 11.3 Å². The van der Waals surface area contributed by atoms with Crippen LogP contribution in [0.5, 0.6) is 0 Å². The van der Waals surface area contributed by atoms with Gasteiger partial charge >= 0.3 is 0 Å². The Morgan fingerprint density at radius 3 is 2.16 bits per heavy atom. The van der Waals surface area contributed by atoms with Crippen molar-refractivity contribution in [3.63, 3.8) is 0 Å². The Morgan fingerprint density at radius 2 is 1.36 bits per heavy atom. The van der Waals surface area contributed by atoms with Gasteiger partial charge in [0.1, 0.15) is 18.2 Å². The van der Waals surface area contributed by atoms with E-state index in [1.54, 1.807) is 0 Å². The average Bonchev–Trinajstić information content (AvgIpc) is 3.65. The van der Waals surface area contributed by atoms with Crippen molar-refractivity contribution in [2.75, 3.05) is 0 Å². The molecule has 7 aromatic rings. The number of thiophene rings is 1. The van der Waals surface area contributed by atoms with Gasteiger partial charge in [-0.2, -0.15) is 0 Å². The molecule has 0 saturated carbocycles. The lowest BCUT2D eigenvalue weighted by Gasteiger charge is -2.28. The second kappa shape index (κ2) is 10.1. The highest BCUT2D eigenvalue weighted by atomic mass is 32.1. The third-order valence-corrected chi connectivity index (χ3v) is 9.72. The molecule has 0 bridgehead atoms. The van der Waals surface area contributed by atoms with E-state index in [-0.39, 0.29) is 12.3 Å². The van der Waals surface area contributed by atoms with E-state index in [1.165, 1.54) is 42.0 Å². The van der Waals surface area contributed by atoms with Crippen LogP contribution in [0, 0.1) is 0 Å². The zero-order valence-corrected chi connectivity index (χ0v) is 24.5. The highest BCUT2D eigenvalue weighted by molar-refractivity contribution is 7.26. The van der Waals surface area contributed by atoms with Crippen molar-refractivity contribution in [1.29, 1.82) is 0 Å². The first-order valence-electron chi connectivity index (χ1n) is 14.8. The Bertz CT molecular complexity index is 2340. The number of benzene rings is 5. The molecule has 0 aliphatic carbocycles. The molecule has 0 radical (unpaired) electrons. The van der Waals surface area contributed by atoms with Gasteiger partial charge in [-0.1, -0.05) is 115 Å². The molecule has 5 aromatic carbocycles. The summed E-state index contributed by atoms with van der Waals surface area (Å²) >= 11 is 1.88. The summed E-state index contributed by atoms with van der Waals surface area (Å²) in [5.41, 5.74) is 5.56. The smallest absolute Gasteiger partial charge is 0.159 e. The number of amidine groups is 2. The van der Waals surface area contributed by atoms with Gasteiger partial charge in [-0.3, -0.25) is 0 Å². The quantitative estimate of drug-likeness (QED) is 0.218. The molecule has 0 spiro atoms. The number of hydrogen-bond acceptors (Lipinski definition) is 5. The molecule has 0 fully saturated rings. The molecule has 44 heavy (non-hydrogen) atoms. The zero-order chi connectivity index (χ0) is 29.0. The molecule has 4 heterocycles. The second-order valence-corrected chi connectivity index (χ2v) is 12.2. The SMILES string of the molecule is C1=CC(n2c3ccccc3c3ccc4c5ccccc5sc4c32)NC=C1C1N=C(c2ccccc2)N=C(c2ccccc2)N1. The summed E-state index contributed by atoms with van der Waals surface area (Å²) < 4.78 is 5.09. The Labute approximate surface area is 258 Å². The van der Waals surface area contributed by atoms with Crippen LogP contribution in [-0.2, 0) is 0 Å². The van der Waals surface area contributed by atoms with Gasteiger partial charge in [0.05, 0.1) is 15.7 Å². The van der Waals surface area contributed by atoms with Crippen LogP contribution in [0.3, 0.4) is 0 Å². The molecule has 6 heteroatoms. The highest BCUT2D eigenvalue weighted by Gasteiger charge is 2.25. The monoisotopic (exact) mass is 585 g/mol. The number of para-hydroxylation sites is 1. The van der Waals surface area contributed by atoms with E-state index in [4.69, 9.17) is 9.98 Å². The Balaban J connectivity index is 1.13. The molecule has 5 nitrogen and oxygen atoms in total. The molecular weight excluding hydrogens is 559 g/mol. The van der Waals surface area contributed by atoms with Crippen molar-refractivity contribution in [1.82, 2.24) is 15.2 Å². The first-order chi connectivity index (χ1) is 21.8. The highest BCUT2D eigenvalue weighted by Crippen LogP contribution is 2.43. The lowest BCUT2D eigenvalue weighted by Crippen LogP contribution is -2.41. The van der Waals surface area contributed by atoms with E-state index < -0.39 is 0 Å². The summed E-state index contributed by atoms with van der Waals surface area (Å²) in [6.07, 6.45) is 6.22. The number of rotatable bonds is 4. The summed E-state index contributed by atoms with van der Waals surface area (Å²) in [4.78, 5) is 9.98. The van der Waals surface area contributed by atoms with Crippen molar-refractivity contribution in [2.24, 2.45) is 9.98 Å². The number of nitrogens with one attached hydrogen (secondary N) is 2. The van der Waals surface area contributed by atoms with E-state index in [1.807, 2.05) is 47.7 Å². The van der Waals surface area contributed by atoms with Crippen molar-refractivity contribution >= 4 is 65.0 Å². The third kappa shape index (κ3) is 3.99. The Hall–Kier alpha value is -5.46. The number of aromatic nitrogens is 1. The summed E-state index contributed by atoms with van der Waals surface area (Å²) in [5.74, 6) is 1.54. The molecule has 0 amide bonds. The summed E-state index contributed by atoms with van der Waals surface area (Å²) in [5, 5.41) is 12.5. The number of hydrogen-bond donors (Lipinski definition) is 2. The fourth-order valence-corrected chi connectivity index (χ4v) is 7.70. The maximum absolute atomic E-state index is 5.06. The fourth-order valence-electron chi connectivity index (χ4n) is 6.45. The first-order valence-corrected chi connectivity index (χ1v) is 15.6. The maximum atomic E-state index is 5.06. The molecule has 2 N–H and O–H groups in total. The van der Waals surface area contributed by atoms with E-state index in [0.29, 0.717) is 0 Å². The minimum absolute atomic E-state index is 0.0552. The molecule has 210 valence electrons. The van der Waals surface area contributed by atoms with E-state index in [9.17, 15) is 0 Å². The van der Waals surface area contributed by atoms with Gasteiger partial charge in [-0.05, 0) is 18.2 Å². The van der Waals surface area contributed by atoms with Gasteiger partial charge in [-0.15, -0.1) is 11.3 Å². The largest absolute Gasteiger partial charge is 0.367 e. The van der Waals surface area contributed by atoms with Gasteiger partial charge in [-0.25, -0.2) is 9.98 Å². The molecular formula is C38H27N5S. The zero-order valence-electron chi connectivity index (χ0n) is 23.7. The van der Waals surface area contributed by atoms with Crippen LogP contribution in [0.4, 0.5) is 0 Å². The topological polar surface area (TPSA) is 53.7 Å². The van der Waals surface area contributed by atoms with Gasteiger partial charge in [0.2, 0.25) is 0 Å². The van der Waals surface area contributed by atoms with Crippen LogP contribution in [-0.4, -0.2) is 22.4 Å². The van der Waals surface area contributed by atoms with Crippen LogP contribution in [0.25, 0.3) is 42.0 Å². The van der Waals surface area contributed by atoms with E-state index in [0.717, 1.165) is 28.4 Å². The average molecular weight is 586 g/mol. The fraction of sp³-hybridized carbons (Fsp3) is 0.0526. The van der Waals surface area contributed by atoms with Gasteiger partial charge in [0.25, 0.3) is 0 Å². The molecule has 2 unspecified atom stereocenters. The van der Waals surface area contributed by atoms with Crippen molar-refractivity contribution < 1.29 is 0 Å². The number of aliphatic imine (C=N–C) groups is 2. The molecule has 2 aromatic heterocycles. The lowest BCUT2D eigenvalue weighted by molar-refractivity contribution is 0.566. The standard InChI is InChI=1S/C38H27N5S/c1-3-11-24(12-4-1)36-40-37(25-13-5-2-6-14-25)42-38(41-36)26-19-22-33(39-23-26)43-31-17-9-7-15-27(31)29-20-21-30-28-16-8-10-18-32(28)44-35(30)34(29)43/h1-23,33,38-39H,(H,40,41,42). The molecule has 2 aliphatic heterocycles. The van der Waals surface area contributed by atoms with Crippen molar-refractivity contribution in [2.45, 2.75) is 12.3 Å². The van der Waals surface area contributed by atoms with Crippen LogP contribution < -0.4 is 10.6 Å². The summed E-state index contributed by atoms with van der Waals surface area (Å²) in [6, 6.07) is 42.4. The molecule has 9 rings (SSSR count). The van der Waals surface area contributed by atoms with E-state index >= 15 is 0 Å². The Morgan fingerprint density at radius 1 is 0.659 bits per heavy atom. The minimum Gasteiger partial charge on any atom is -0.367 e. The predicted octanol–water partition coefficient (Wildman–Crippen LogP) is 8.53. The summed E-state index contributed by atoms with van der Waals surface area (Å²) in [6.45, 7) is 0. The van der Waals surface area contributed by atoms with Gasteiger partial charge in [0.15, 0.2) is 5.84 Å². The van der Waals surface area contributed by atoms with Crippen molar-refractivity contribution in [3.8, 4) is 0 Å². The maximum Gasteiger partial charge on any atom is 0.159 e. The molecule has 2 atom stereocenters. The first kappa shape index (κ1) is 25.1. The van der Waals surface area contributed by atoms with Crippen LogP contribution in [0.2, 0.25) is 0 Å². The van der Waals surface area contributed by atoms with Crippen LogP contribution in [0.15, 0.2) is 155 Å². The molecule has 0 saturated heterocycles. The number of fused-ring (bicyclic) bond motifs is 7. The molecule has 2 aliphatic rings. The van der Waals surface area contributed by atoms with Gasteiger partial charge < -0.3 is 15.2 Å². The van der Waals surface area contributed by atoms with Crippen LogP contribution in [0.1, 0.15) is 17.3 Å². The number of nitrogens with zero attached hydrogens (tertiary/aromatic N) is 3. The minimum atomic E-state index is -0.282. The second-order valence-electron chi connectivity index (χ2n) is 11.1. The normalized spacial score (nSPS) is 18.2. The Kier molecular flexibility index (Phi) is 5.74. The van der Waals surface area contributed by atoms with Gasteiger partial charge in [0, 0.05) is 49.1 Å². The number of dihydropyridines is 1. The van der Waals surface area contributed by atoms with E-state index in [2.05, 4.69) is 118 Å². The third-order valence-electron chi connectivity index (χ3n) is 8.52. The summed E-state index contributed by atoms with van der Waals surface area (Å²) in [7, 11) is 0. The lowest BCUT2D eigenvalue weighted by atomic mass is 10.1.